The Morgan fingerprint density at radius 2 is 1.90 bits per heavy atom. The van der Waals surface area contributed by atoms with Crippen LogP contribution in [-0.4, -0.2) is 55.4 Å². The smallest absolute Gasteiger partial charge is 0.477 e. The number of halogens is 1. The number of carbonyl (C=O) groups excluding carboxylic acids is 1. The standard InChI is InChI=1S/C28H27ClN4O7/c1-15-11-17(23-31-20-14-30-26(32-24(20)39-23)37-19-8-5-7-18(29)13-19)12-16(2)22(15)40-28(3,4)25(34)33-10-6-9-21(33)38-27(35)36/h5,7-8,11-14,21H,6,9-10H2,1-4H3,(H,35,36)/t21-/m0/s1. The van der Waals surface area contributed by atoms with Crippen LogP contribution in [0.25, 0.3) is 22.7 Å². The summed E-state index contributed by atoms with van der Waals surface area (Å²) in [6.07, 6.45) is 0.372. The Hall–Kier alpha value is -4.38. The lowest BCUT2D eigenvalue weighted by Crippen LogP contribution is -2.51. The molecule has 208 valence electrons. The third-order valence-electron chi connectivity index (χ3n) is 6.41. The van der Waals surface area contributed by atoms with Gasteiger partial charge in [0, 0.05) is 23.6 Å². The zero-order chi connectivity index (χ0) is 28.6. The SMILES string of the molecule is Cc1cc(-c2nc3cnc(Oc4cccc(Cl)c4)nc3o2)cc(C)c1OC(C)(C)C(=O)N1CCC[C@@H]1OC(=O)O. The highest BCUT2D eigenvalue weighted by atomic mass is 35.5. The van der Waals surface area contributed by atoms with Gasteiger partial charge in [0.15, 0.2) is 11.8 Å². The molecule has 1 fully saturated rings. The van der Waals surface area contributed by atoms with E-state index in [-0.39, 0.29) is 17.6 Å². The van der Waals surface area contributed by atoms with Gasteiger partial charge in [0.2, 0.25) is 5.89 Å². The van der Waals surface area contributed by atoms with Gasteiger partial charge in [-0.25, -0.2) is 14.8 Å². The Labute approximate surface area is 234 Å². The number of likely N-dealkylation sites (tertiary alicyclic amines) is 1. The van der Waals surface area contributed by atoms with Crippen molar-refractivity contribution in [3.8, 4) is 29.0 Å². The summed E-state index contributed by atoms with van der Waals surface area (Å²) in [5, 5.41) is 9.54. The summed E-state index contributed by atoms with van der Waals surface area (Å²) in [5.74, 6) is 1.00. The van der Waals surface area contributed by atoms with Crippen LogP contribution in [-0.2, 0) is 9.53 Å². The normalized spacial score (nSPS) is 15.3. The molecule has 0 saturated carbocycles. The molecule has 40 heavy (non-hydrogen) atoms. The van der Waals surface area contributed by atoms with Crippen LogP contribution in [0.1, 0.15) is 37.8 Å². The Bertz CT molecular complexity index is 1580. The molecule has 2 aromatic carbocycles. The van der Waals surface area contributed by atoms with Gasteiger partial charge in [-0.15, -0.1) is 0 Å². The molecule has 5 rings (SSSR count). The first kappa shape index (κ1) is 27.2. The summed E-state index contributed by atoms with van der Waals surface area (Å²) in [7, 11) is 0. The Morgan fingerprint density at radius 1 is 1.15 bits per heavy atom. The predicted octanol–water partition coefficient (Wildman–Crippen LogP) is 6.15. The van der Waals surface area contributed by atoms with E-state index in [0.29, 0.717) is 52.9 Å². The van der Waals surface area contributed by atoms with Crippen LogP contribution >= 0.6 is 11.6 Å². The minimum Gasteiger partial charge on any atom is -0.477 e. The van der Waals surface area contributed by atoms with E-state index in [9.17, 15) is 9.59 Å². The van der Waals surface area contributed by atoms with E-state index >= 15 is 0 Å². The molecule has 1 N–H and O–H groups in total. The number of hydrogen-bond donors (Lipinski definition) is 1. The summed E-state index contributed by atoms with van der Waals surface area (Å²) >= 11 is 6.01. The summed E-state index contributed by atoms with van der Waals surface area (Å²) in [6, 6.07) is 10.7. The first-order valence-electron chi connectivity index (χ1n) is 12.6. The van der Waals surface area contributed by atoms with Gasteiger partial charge < -0.3 is 28.6 Å². The van der Waals surface area contributed by atoms with Crippen LogP contribution in [0.3, 0.4) is 0 Å². The molecular weight excluding hydrogens is 540 g/mol. The van der Waals surface area contributed by atoms with Crippen molar-refractivity contribution in [2.24, 2.45) is 0 Å². The lowest BCUT2D eigenvalue weighted by atomic mass is 10.0. The maximum absolute atomic E-state index is 13.3. The predicted molar refractivity (Wildman–Crippen MR) is 145 cm³/mol. The molecule has 1 aliphatic rings. The molecule has 3 heterocycles. The Balaban J connectivity index is 1.36. The highest BCUT2D eigenvalue weighted by Crippen LogP contribution is 2.35. The number of carboxylic acid groups (broad SMARTS) is 1. The molecule has 0 radical (unpaired) electrons. The second kappa shape index (κ2) is 10.6. The van der Waals surface area contributed by atoms with Crippen LogP contribution in [0.2, 0.25) is 5.02 Å². The van der Waals surface area contributed by atoms with Gasteiger partial charge in [-0.05, 0) is 75.6 Å². The highest BCUT2D eigenvalue weighted by Gasteiger charge is 2.41. The van der Waals surface area contributed by atoms with Crippen LogP contribution in [0.5, 0.6) is 17.5 Å². The number of carbonyl (C=O) groups is 2. The molecular formula is C28H27ClN4O7. The van der Waals surface area contributed by atoms with Gasteiger partial charge in [0.25, 0.3) is 11.6 Å². The van der Waals surface area contributed by atoms with Crippen molar-refractivity contribution in [1.29, 1.82) is 0 Å². The number of oxazole rings is 1. The van der Waals surface area contributed by atoms with E-state index in [1.165, 1.54) is 11.1 Å². The monoisotopic (exact) mass is 566 g/mol. The average molecular weight is 567 g/mol. The fraction of sp³-hybridized carbons (Fsp3) is 0.321. The molecule has 0 aliphatic carbocycles. The Kier molecular flexibility index (Phi) is 7.24. The molecule has 1 saturated heterocycles. The van der Waals surface area contributed by atoms with E-state index in [0.717, 1.165) is 11.1 Å². The Morgan fingerprint density at radius 3 is 2.60 bits per heavy atom. The molecule has 12 heteroatoms. The average Bonchev–Trinajstić information content (AvgIpc) is 3.52. The van der Waals surface area contributed by atoms with Gasteiger partial charge >= 0.3 is 12.2 Å². The maximum atomic E-state index is 13.3. The van der Waals surface area contributed by atoms with Crippen LogP contribution in [0, 0.1) is 13.8 Å². The number of ether oxygens (including phenoxy) is 3. The second-order valence-corrected chi connectivity index (χ2v) is 10.4. The molecule has 1 aliphatic heterocycles. The first-order valence-corrected chi connectivity index (χ1v) is 13.0. The van der Waals surface area contributed by atoms with Gasteiger partial charge in [-0.1, -0.05) is 17.7 Å². The fourth-order valence-corrected chi connectivity index (χ4v) is 4.80. The number of benzene rings is 2. The van der Waals surface area contributed by atoms with Crippen molar-refractivity contribution in [2.45, 2.75) is 52.4 Å². The van der Waals surface area contributed by atoms with Crippen molar-refractivity contribution < 1.29 is 33.3 Å². The van der Waals surface area contributed by atoms with Crippen molar-refractivity contribution >= 4 is 34.9 Å². The number of hydrogen-bond acceptors (Lipinski definition) is 9. The van der Waals surface area contributed by atoms with Crippen LogP contribution in [0.15, 0.2) is 47.0 Å². The minimum atomic E-state index is -1.42. The van der Waals surface area contributed by atoms with Crippen LogP contribution < -0.4 is 9.47 Å². The lowest BCUT2D eigenvalue weighted by molar-refractivity contribution is -0.153. The molecule has 0 unspecified atom stereocenters. The third kappa shape index (κ3) is 5.64. The molecule has 0 spiro atoms. The van der Waals surface area contributed by atoms with E-state index in [4.69, 9.17) is 35.3 Å². The summed E-state index contributed by atoms with van der Waals surface area (Å²) < 4.78 is 22.7. The number of rotatable bonds is 7. The third-order valence-corrected chi connectivity index (χ3v) is 6.64. The van der Waals surface area contributed by atoms with Crippen molar-refractivity contribution in [2.75, 3.05) is 6.54 Å². The summed E-state index contributed by atoms with van der Waals surface area (Å²) in [5.41, 5.74) is 1.65. The number of aryl methyl sites for hydroxylation is 2. The highest BCUT2D eigenvalue weighted by molar-refractivity contribution is 6.30. The zero-order valence-corrected chi connectivity index (χ0v) is 23.1. The summed E-state index contributed by atoms with van der Waals surface area (Å²) in [4.78, 5) is 38.8. The van der Waals surface area contributed by atoms with Gasteiger partial charge in [0.1, 0.15) is 17.0 Å². The van der Waals surface area contributed by atoms with Gasteiger partial charge in [-0.3, -0.25) is 4.79 Å². The van der Waals surface area contributed by atoms with Crippen LogP contribution in [0.4, 0.5) is 4.79 Å². The van der Waals surface area contributed by atoms with Crippen molar-refractivity contribution in [1.82, 2.24) is 19.9 Å². The number of nitrogens with zero attached hydrogens (tertiary/aromatic N) is 4. The number of amides is 1. The molecule has 0 bridgehead atoms. The topological polar surface area (TPSA) is 137 Å². The van der Waals surface area contributed by atoms with E-state index in [2.05, 4.69) is 15.0 Å². The number of fused-ring (bicyclic) bond motifs is 1. The molecule has 1 amide bonds. The van der Waals surface area contributed by atoms with Gasteiger partial charge in [0.05, 0.1) is 6.20 Å². The zero-order valence-electron chi connectivity index (χ0n) is 22.3. The molecule has 11 nitrogen and oxygen atoms in total. The minimum absolute atomic E-state index is 0.0921. The molecule has 1 atom stereocenters. The van der Waals surface area contributed by atoms with Gasteiger partial charge in [-0.2, -0.15) is 4.98 Å². The fourth-order valence-electron chi connectivity index (χ4n) is 4.62. The molecule has 2 aromatic heterocycles. The first-order chi connectivity index (χ1) is 19.0. The number of aromatic nitrogens is 3. The van der Waals surface area contributed by atoms with Crippen molar-refractivity contribution in [3.05, 3.63) is 58.7 Å². The quantitative estimate of drug-likeness (QED) is 0.259. The van der Waals surface area contributed by atoms with E-state index < -0.39 is 18.0 Å². The second-order valence-electron chi connectivity index (χ2n) is 9.95. The van der Waals surface area contributed by atoms with Crippen molar-refractivity contribution in [3.63, 3.8) is 0 Å². The maximum Gasteiger partial charge on any atom is 0.507 e. The molecule has 4 aromatic rings. The van der Waals surface area contributed by atoms with E-state index in [1.807, 2.05) is 26.0 Å². The largest absolute Gasteiger partial charge is 0.507 e. The van der Waals surface area contributed by atoms with E-state index in [1.54, 1.807) is 38.1 Å². The lowest BCUT2D eigenvalue weighted by Gasteiger charge is -2.33. The summed E-state index contributed by atoms with van der Waals surface area (Å²) in [6.45, 7) is 7.42.